The zero-order chi connectivity index (χ0) is 16.2. The van der Waals surface area contributed by atoms with Crippen molar-refractivity contribution in [3.63, 3.8) is 0 Å². The molecular formula is C17H26N2O3. The molecule has 122 valence electrons. The van der Waals surface area contributed by atoms with Crippen LogP contribution in [0.2, 0.25) is 0 Å². The fourth-order valence-electron chi connectivity index (χ4n) is 2.62. The van der Waals surface area contributed by atoms with Crippen LogP contribution in [-0.2, 0) is 4.74 Å². The van der Waals surface area contributed by atoms with Crippen LogP contribution >= 0.6 is 0 Å². The summed E-state index contributed by atoms with van der Waals surface area (Å²) in [7, 11) is 0. The number of fused-ring (bicyclic) bond motifs is 1. The third kappa shape index (κ3) is 4.13. The van der Waals surface area contributed by atoms with E-state index in [1.54, 1.807) is 4.90 Å². The maximum Gasteiger partial charge on any atom is 0.414 e. The Morgan fingerprint density at radius 1 is 1.23 bits per heavy atom. The largest absolute Gasteiger partial charge is 0.443 e. The molecule has 1 aliphatic rings. The number of amides is 1. The van der Waals surface area contributed by atoms with Gasteiger partial charge in [-0.3, -0.25) is 4.90 Å². The molecule has 0 atom stereocenters. The van der Waals surface area contributed by atoms with Crippen molar-refractivity contribution in [2.45, 2.75) is 39.2 Å². The second-order valence-corrected chi connectivity index (χ2v) is 6.54. The molecule has 2 rings (SSSR count). The summed E-state index contributed by atoms with van der Waals surface area (Å²) in [6, 6.07) is 7.89. The van der Waals surface area contributed by atoms with Crippen molar-refractivity contribution in [3.8, 4) is 0 Å². The summed E-state index contributed by atoms with van der Waals surface area (Å²) in [4.78, 5) is 16.4. The third-order valence-corrected chi connectivity index (χ3v) is 3.52. The van der Waals surface area contributed by atoms with E-state index < -0.39 is 5.60 Å². The molecule has 22 heavy (non-hydrogen) atoms. The van der Waals surface area contributed by atoms with Gasteiger partial charge in [-0.1, -0.05) is 12.1 Å². The highest BCUT2D eigenvalue weighted by Gasteiger charge is 2.28. The maximum atomic E-state index is 12.5. The normalized spacial score (nSPS) is 15.3. The van der Waals surface area contributed by atoms with Gasteiger partial charge in [0, 0.05) is 26.2 Å². The number of benzene rings is 1. The van der Waals surface area contributed by atoms with Gasteiger partial charge < -0.3 is 14.7 Å². The first-order valence-electron chi connectivity index (χ1n) is 7.88. The Morgan fingerprint density at radius 2 is 1.91 bits per heavy atom. The summed E-state index contributed by atoms with van der Waals surface area (Å²) in [5.41, 5.74) is 1.40. The van der Waals surface area contributed by atoms with Gasteiger partial charge in [0.1, 0.15) is 5.60 Å². The Labute approximate surface area is 132 Å². The molecule has 0 saturated heterocycles. The first-order chi connectivity index (χ1) is 10.4. The molecule has 0 aliphatic carbocycles. The van der Waals surface area contributed by atoms with Crippen LogP contribution in [0.4, 0.5) is 16.2 Å². The van der Waals surface area contributed by atoms with E-state index in [0.29, 0.717) is 6.54 Å². The van der Waals surface area contributed by atoms with Gasteiger partial charge in [0.05, 0.1) is 11.4 Å². The summed E-state index contributed by atoms with van der Waals surface area (Å²) in [6.45, 7) is 8.11. The van der Waals surface area contributed by atoms with E-state index in [1.807, 2.05) is 45.0 Å². The standard InChI is InChI=1S/C17H26N2O3/c1-17(2,3)22-16(21)19-12-6-10-18(11-7-13-20)14-8-4-5-9-15(14)19/h4-5,8-9,20H,6-7,10-13H2,1-3H3. The maximum absolute atomic E-state index is 12.5. The van der Waals surface area contributed by atoms with E-state index in [0.717, 1.165) is 37.3 Å². The lowest BCUT2D eigenvalue weighted by Gasteiger charge is -2.28. The molecule has 0 fully saturated rings. The van der Waals surface area contributed by atoms with E-state index in [1.165, 1.54) is 0 Å². The average Bonchev–Trinajstić information content (AvgIpc) is 2.63. The van der Waals surface area contributed by atoms with Crippen molar-refractivity contribution in [1.82, 2.24) is 0 Å². The lowest BCUT2D eigenvalue weighted by atomic mass is 10.2. The van der Waals surface area contributed by atoms with Crippen LogP contribution in [0.3, 0.4) is 0 Å². The molecule has 5 nitrogen and oxygen atoms in total. The van der Waals surface area contributed by atoms with Gasteiger partial charge >= 0.3 is 6.09 Å². The van der Waals surface area contributed by atoms with E-state index >= 15 is 0 Å². The quantitative estimate of drug-likeness (QED) is 0.932. The smallest absolute Gasteiger partial charge is 0.414 e. The molecule has 0 saturated carbocycles. The first kappa shape index (κ1) is 16.6. The number of aliphatic hydroxyl groups is 1. The lowest BCUT2D eigenvalue weighted by Crippen LogP contribution is -2.37. The molecular weight excluding hydrogens is 280 g/mol. The number of hydrogen-bond donors (Lipinski definition) is 1. The highest BCUT2D eigenvalue weighted by atomic mass is 16.6. The van der Waals surface area contributed by atoms with Crippen LogP contribution in [-0.4, -0.2) is 43.0 Å². The van der Waals surface area contributed by atoms with Gasteiger partial charge in [0.15, 0.2) is 0 Å². The number of carbonyl (C=O) groups excluding carboxylic acids is 1. The van der Waals surface area contributed by atoms with E-state index in [2.05, 4.69) is 4.90 Å². The predicted octanol–water partition coefficient (Wildman–Crippen LogP) is 3.02. The van der Waals surface area contributed by atoms with E-state index in [-0.39, 0.29) is 12.7 Å². The minimum absolute atomic E-state index is 0.175. The van der Waals surface area contributed by atoms with Crippen molar-refractivity contribution in [2.24, 2.45) is 0 Å². The number of nitrogens with zero attached hydrogens (tertiary/aromatic N) is 2. The third-order valence-electron chi connectivity index (χ3n) is 3.52. The van der Waals surface area contributed by atoms with Crippen molar-refractivity contribution < 1.29 is 14.6 Å². The number of rotatable bonds is 3. The van der Waals surface area contributed by atoms with Crippen LogP contribution in [0.5, 0.6) is 0 Å². The molecule has 0 radical (unpaired) electrons. The van der Waals surface area contributed by atoms with Crippen LogP contribution in [0.1, 0.15) is 33.6 Å². The molecule has 1 aromatic carbocycles. The van der Waals surface area contributed by atoms with Crippen molar-refractivity contribution in [2.75, 3.05) is 36.0 Å². The van der Waals surface area contributed by atoms with Gasteiger partial charge in [0.25, 0.3) is 0 Å². The van der Waals surface area contributed by atoms with Crippen molar-refractivity contribution in [3.05, 3.63) is 24.3 Å². The van der Waals surface area contributed by atoms with E-state index in [4.69, 9.17) is 9.84 Å². The summed E-state index contributed by atoms with van der Waals surface area (Å²) in [6.07, 6.45) is 1.30. The topological polar surface area (TPSA) is 53.0 Å². The molecule has 5 heteroatoms. The fourth-order valence-corrected chi connectivity index (χ4v) is 2.62. The molecule has 1 aromatic rings. The van der Waals surface area contributed by atoms with Gasteiger partial charge in [-0.05, 0) is 45.7 Å². The second-order valence-electron chi connectivity index (χ2n) is 6.54. The van der Waals surface area contributed by atoms with Crippen LogP contribution < -0.4 is 9.80 Å². The second kappa shape index (κ2) is 7.01. The van der Waals surface area contributed by atoms with Gasteiger partial charge in [0.2, 0.25) is 0 Å². The number of para-hydroxylation sites is 2. The van der Waals surface area contributed by atoms with E-state index in [9.17, 15) is 4.79 Å². The molecule has 0 unspecified atom stereocenters. The Bertz CT molecular complexity index is 511. The van der Waals surface area contributed by atoms with Crippen LogP contribution in [0, 0.1) is 0 Å². The van der Waals surface area contributed by atoms with Gasteiger partial charge in [-0.2, -0.15) is 0 Å². The summed E-state index contributed by atoms with van der Waals surface area (Å²) in [5.74, 6) is 0. The summed E-state index contributed by atoms with van der Waals surface area (Å²) < 4.78 is 5.53. The average molecular weight is 306 g/mol. The highest BCUT2D eigenvalue weighted by Crippen LogP contribution is 2.33. The van der Waals surface area contributed by atoms with Crippen molar-refractivity contribution in [1.29, 1.82) is 0 Å². The number of aliphatic hydroxyl groups excluding tert-OH is 1. The zero-order valence-corrected chi connectivity index (χ0v) is 13.7. The Hall–Kier alpha value is -1.75. The molecule has 0 bridgehead atoms. The molecule has 0 aromatic heterocycles. The molecule has 1 amide bonds. The monoisotopic (exact) mass is 306 g/mol. The zero-order valence-electron chi connectivity index (χ0n) is 13.7. The Morgan fingerprint density at radius 3 is 2.55 bits per heavy atom. The van der Waals surface area contributed by atoms with Crippen LogP contribution in [0.25, 0.3) is 0 Å². The number of carbonyl (C=O) groups is 1. The number of ether oxygens (including phenoxy) is 1. The minimum atomic E-state index is -0.505. The SMILES string of the molecule is CC(C)(C)OC(=O)N1CCCN(CCCO)c2ccccc21. The molecule has 1 heterocycles. The number of hydrogen-bond acceptors (Lipinski definition) is 4. The summed E-state index contributed by atoms with van der Waals surface area (Å²) in [5, 5.41) is 9.07. The molecule has 0 spiro atoms. The number of anilines is 2. The lowest BCUT2D eigenvalue weighted by molar-refractivity contribution is 0.0581. The Kier molecular flexibility index (Phi) is 5.29. The van der Waals surface area contributed by atoms with Gasteiger partial charge in [-0.15, -0.1) is 0 Å². The summed E-state index contributed by atoms with van der Waals surface area (Å²) >= 11 is 0. The van der Waals surface area contributed by atoms with Crippen LogP contribution in [0.15, 0.2) is 24.3 Å². The first-order valence-corrected chi connectivity index (χ1v) is 7.88. The highest BCUT2D eigenvalue weighted by molar-refractivity contribution is 5.93. The Balaban J connectivity index is 2.27. The molecule has 1 N–H and O–H groups in total. The fraction of sp³-hybridized carbons (Fsp3) is 0.588. The molecule has 1 aliphatic heterocycles. The predicted molar refractivity (Wildman–Crippen MR) is 88.6 cm³/mol. The minimum Gasteiger partial charge on any atom is -0.443 e. The van der Waals surface area contributed by atoms with Crippen molar-refractivity contribution >= 4 is 17.5 Å². The van der Waals surface area contributed by atoms with Gasteiger partial charge in [-0.25, -0.2) is 4.79 Å².